The Balaban J connectivity index is 1.93. The first-order valence-electron chi connectivity index (χ1n) is 6.75. The number of amides is 1. The monoisotopic (exact) mass is 272 g/mol. The summed E-state index contributed by atoms with van der Waals surface area (Å²) in [5.74, 6) is 0.456. The van der Waals surface area contributed by atoms with Crippen molar-refractivity contribution in [3.8, 4) is 11.3 Å². The number of rotatable bonds is 5. The van der Waals surface area contributed by atoms with Crippen LogP contribution in [0.5, 0.6) is 0 Å². The molecule has 20 heavy (non-hydrogen) atoms. The third-order valence-electron chi connectivity index (χ3n) is 2.91. The van der Waals surface area contributed by atoms with Crippen molar-refractivity contribution in [2.75, 3.05) is 0 Å². The first kappa shape index (κ1) is 14.2. The van der Waals surface area contributed by atoms with Crippen LogP contribution in [-0.4, -0.2) is 20.7 Å². The summed E-state index contributed by atoms with van der Waals surface area (Å²) in [6, 6.07) is 3.92. The van der Waals surface area contributed by atoms with Crippen LogP contribution < -0.4 is 5.32 Å². The zero-order valence-corrected chi connectivity index (χ0v) is 12.1. The molecule has 1 amide bonds. The molecule has 0 aliphatic carbocycles. The van der Waals surface area contributed by atoms with Gasteiger partial charge in [0.05, 0.1) is 11.9 Å². The molecule has 0 fully saturated rings. The van der Waals surface area contributed by atoms with Gasteiger partial charge in [-0.2, -0.15) is 5.10 Å². The van der Waals surface area contributed by atoms with E-state index in [-0.39, 0.29) is 5.91 Å². The number of nitrogens with one attached hydrogen (secondary N) is 1. The lowest BCUT2D eigenvalue weighted by Crippen LogP contribution is -2.23. The van der Waals surface area contributed by atoms with Crippen LogP contribution >= 0.6 is 0 Å². The van der Waals surface area contributed by atoms with E-state index in [1.807, 2.05) is 39.2 Å². The molecule has 0 unspecified atom stereocenters. The molecule has 5 nitrogen and oxygen atoms in total. The van der Waals surface area contributed by atoms with Crippen molar-refractivity contribution in [1.29, 1.82) is 0 Å². The molecule has 106 valence electrons. The second kappa shape index (κ2) is 6.32. The summed E-state index contributed by atoms with van der Waals surface area (Å²) < 4.78 is 1.75. The van der Waals surface area contributed by atoms with Crippen molar-refractivity contribution < 1.29 is 4.79 Å². The Bertz CT molecular complexity index is 572. The average Bonchev–Trinajstić information content (AvgIpc) is 2.83. The Morgan fingerprint density at radius 2 is 2.15 bits per heavy atom. The predicted octanol–water partition coefficient (Wildman–Crippen LogP) is 2.14. The third-order valence-corrected chi connectivity index (χ3v) is 2.91. The normalized spacial score (nSPS) is 10.8. The summed E-state index contributed by atoms with van der Waals surface area (Å²) in [5, 5.41) is 7.02. The van der Waals surface area contributed by atoms with Crippen LogP contribution in [0.4, 0.5) is 0 Å². The fourth-order valence-corrected chi connectivity index (χ4v) is 1.90. The molecule has 0 bridgehead atoms. The molecule has 2 rings (SSSR count). The van der Waals surface area contributed by atoms with Gasteiger partial charge in [0.25, 0.3) is 0 Å². The largest absolute Gasteiger partial charge is 0.352 e. The fraction of sp³-hybridized carbons (Fsp3) is 0.400. The van der Waals surface area contributed by atoms with Gasteiger partial charge in [-0.25, -0.2) is 0 Å². The van der Waals surface area contributed by atoms with E-state index < -0.39 is 0 Å². The van der Waals surface area contributed by atoms with Crippen LogP contribution in [0.1, 0.15) is 25.8 Å². The molecular weight excluding hydrogens is 252 g/mol. The second-order valence-electron chi connectivity index (χ2n) is 5.33. The van der Waals surface area contributed by atoms with E-state index in [9.17, 15) is 4.79 Å². The lowest BCUT2D eigenvalue weighted by molar-refractivity contribution is -0.121. The lowest BCUT2D eigenvalue weighted by atomic mass is 10.1. The van der Waals surface area contributed by atoms with Crippen LogP contribution in [-0.2, 0) is 18.4 Å². The Kier molecular flexibility index (Phi) is 4.50. The van der Waals surface area contributed by atoms with Crippen LogP contribution in [0.3, 0.4) is 0 Å². The maximum atomic E-state index is 11.6. The summed E-state index contributed by atoms with van der Waals surface area (Å²) in [6.07, 6.45) is 6.05. The standard InChI is InChI=1S/C15H20N4O/c1-11(2)6-15(20)17-8-12-4-5-14(16-7-12)13-9-18-19(3)10-13/h4-5,7,9-11H,6,8H2,1-3H3,(H,17,20). The molecule has 0 radical (unpaired) electrons. The van der Waals surface area contributed by atoms with Crippen LogP contribution in [0, 0.1) is 5.92 Å². The van der Waals surface area contributed by atoms with E-state index in [1.54, 1.807) is 17.1 Å². The number of aryl methyl sites for hydroxylation is 1. The summed E-state index contributed by atoms with van der Waals surface area (Å²) in [4.78, 5) is 16.0. The van der Waals surface area contributed by atoms with Gasteiger partial charge in [-0.05, 0) is 17.5 Å². The fourth-order valence-electron chi connectivity index (χ4n) is 1.90. The number of pyridine rings is 1. The summed E-state index contributed by atoms with van der Waals surface area (Å²) in [5.41, 5.74) is 2.87. The molecule has 1 N–H and O–H groups in total. The summed E-state index contributed by atoms with van der Waals surface area (Å²) in [7, 11) is 1.88. The van der Waals surface area contributed by atoms with Crippen molar-refractivity contribution in [3.05, 3.63) is 36.3 Å². The molecule has 0 aliphatic heterocycles. The molecule has 0 saturated heterocycles. The van der Waals surface area contributed by atoms with Crippen molar-refractivity contribution in [2.45, 2.75) is 26.8 Å². The van der Waals surface area contributed by atoms with Gasteiger partial charge < -0.3 is 5.32 Å². The highest BCUT2D eigenvalue weighted by Crippen LogP contribution is 2.15. The smallest absolute Gasteiger partial charge is 0.220 e. The van der Waals surface area contributed by atoms with Gasteiger partial charge in [-0.15, -0.1) is 0 Å². The van der Waals surface area contributed by atoms with Gasteiger partial charge in [0.2, 0.25) is 5.91 Å². The zero-order chi connectivity index (χ0) is 14.5. The van der Waals surface area contributed by atoms with Gasteiger partial charge in [0.15, 0.2) is 0 Å². The molecule has 0 aromatic carbocycles. The van der Waals surface area contributed by atoms with Gasteiger partial charge >= 0.3 is 0 Å². The molecule has 0 saturated carbocycles. The SMILES string of the molecule is CC(C)CC(=O)NCc1ccc(-c2cnn(C)c2)nc1. The van der Waals surface area contributed by atoms with Crippen LogP contribution in [0.2, 0.25) is 0 Å². The van der Waals surface area contributed by atoms with Gasteiger partial charge in [0.1, 0.15) is 0 Å². The van der Waals surface area contributed by atoms with Crippen molar-refractivity contribution in [3.63, 3.8) is 0 Å². The highest BCUT2D eigenvalue weighted by molar-refractivity contribution is 5.76. The molecule has 2 aromatic heterocycles. The molecule has 0 spiro atoms. The van der Waals surface area contributed by atoms with Crippen molar-refractivity contribution in [1.82, 2.24) is 20.1 Å². The number of nitrogens with zero attached hydrogens (tertiary/aromatic N) is 3. The first-order chi connectivity index (χ1) is 9.54. The van der Waals surface area contributed by atoms with Crippen molar-refractivity contribution in [2.24, 2.45) is 13.0 Å². The number of hydrogen-bond donors (Lipinski definition) is 1. The molecule has 0 atom stereocenters. The van der Waals surface area contributed by atoms with E-state index in [1.165, 1.54) is 0 Å². The topological polar surface area (TPSA) is 59.8 Å². The van der Waals surface area contributed by atoms with Gasteiger partial charge in [-0.1, -0.05) is 19.9 Å². The Morgan fingerprint density at radius 3 is 2.70 bits per heavy atom. The van der Waals surface area contributed by atoms with Crippen molar-refractivity contribution >= 4 is 5.91 Å². The first-order valence-corrected chi connectivity index (χ1v) is 6.75. The third kappa shape index (κ3) is 3.91. The van der Waals surface area contributed by atoms with Gasteiger partial charge in [0, 0.05) is 38.0 Å². The van der Waals surface area contributed by atoms with Crippen LogP contribution in [0.25, 0.3) is 11.3 Å². The Hall–Kier alpha value is -2.17. The zero-order valence-electron chi connectivity index (χ0n) is 12.1. The highest BCUT2D eigenvalue weighted by Gasteiger charge is 2.05. The quantitative estimate of drug-likeness (QED) is 0.907. The molecule has 5 heteroatoms. The predicted molar refractivity (Wildman–Crippen MR) is 77.7 cm³/mol. The van der Waals surface area contributed by atoms with E-state index in [2.05, 4.69) is 15.4 Å². The molecular formula is C15H20N4O. The summed E-state index contributed by atoms with van der Waals surface area (Å²) in [6.45, 7) is 4.58. The maximum absolute atomic E-state index is 11.6. The highest BCUT2D eigenvalue weighted by atomic mass is 16.1. The molecule has 2 aromatic rings. The number of carbonyl (C=O) groups excluding carboxylic acids is 1. The van der Waals surface area contributed by atoms with Crippen LogP contribution in [0.15, 0.2) is 30.7 Å². The van der Waals surface area contributed by atoms with E-state index in [0.29, 0.717) is 18.9 Å². The number of aromatic nitrogens is 3. The number of carbonyl (C=O) groups is 1. The second-order valence-corrected chi connectivity index (χ2v) is 5.33. The van der Waals surface area contributed by atoms with E-state index in [0.717, 1.165) is 16.8 Å². The number of hydrogen-bond acceptors (Lipinski definition) is 3. The molecule has 0 aliphatic rings. The molecule has 2 heterocycles. The van der Waals surface area contributed by atoms with E-state index in [4.69, 9.17) is 0 Å². The Labute approximate surface area is 119 Å². The minimum Gasteiger partial charge on any atom is -0.352 e. The van der Waals surface area contributed by atoms with Gasteiger partial charge in [-0.3, -0.25) is 14.5 Å². The average molecular weight is 272 g/mol. The summed E-state index contributed by atoms with van der Waals surface area (Å²) >= 11 is 0. The minimum absolute atomic E-state index is 0.0799. The Morgan fingerprint density at radius 1 is 1.35 bits per heavy atom. The lowest BCUT2D eigenvalue weighted by Gasteiger charge is -2.07. The maximum Gasteiger partial charge on any atom is 0.220 e. The minimum atomic E-state index is 0.0799. The van der Waals surface area contributed by atoms with E-state index >= 15 is 0 Å².